The van der Waals surface area contributed by atoms with Crippen LogP contribution < -0.4 is 4.74 Å². The molecule has 7 N–H and O–H groups in total. The second kappa shape index (κ2) is 10.3. The van der Waals surface area contributed by atoms with Crippen molar-refractivity contribution in [1.82, 2.24) is 0 Å². The van der Waals surface area contributed by atoms with Crippen LogP contribution in [0.3, 0.4) is 0 Å². The monoisotopic (exact) mass is 463 g/mol. The second-order valence-corrected chi connectivity index (χ2v) is 7.41. The molecule has 32 heavy (non-hydrogen) atoms. The van der Waals surface area contributed by atoms with Crippen molar-refractivity contribution in [1.29, 1.82) is 0 Å². The van der Waals surface area contributed by atoms with Gasteiger partial charge in [-0.3, -0.25) is 10.1 Å². The number of nitro groups is 1. The van der Waals surface area contributed by atoms with Crippen LogP contribution in [0.4, 0.5) is 5.69 Å². The van der Waals surface area contributed by atoms with E-state index in [1.54, 1.807) is 0 Å². The Balaban J connectivity index is 1.64. The maximum Gasteiger partial charge on any atom is 0.269 e. The molecule has 10 atom stereocenters. The molecule has 0 bridgehead atoms. The van der Waals surface area contributed by atoms with Gasteiger partial charge in [0.1, 0.15) is 54.6 Å². The van der Waals surface area contributed by atoms with Gasteiger partial charge in [-0.15, -0.1) is 0 Å². The topological polar surface area (TPSA) is 222 Å². The standard InChI is InChI=1S/C18H25NO13/c20-5-9-11(21)13(23)15(25)17(31-9)29-6-10-12(22)14(24)16(26)18(32-10)30-8-3-1-7(2-4-8)19(27)28/h1-4,9-18,20-26H,5-6H2/t9-,10-,11+,12+,13+,14+,15-,16-,17+,18+/m1/s1. The Kier molecular flexibility index (Phi) is 7.94. The predicted octanol–water partition coefficient (Wildman–Crippen LogP) is -3.40. The molecule has 1 aromatic rings. The van der Waals surface area contributed by atoms with Gasteiger partial charge in [-0.2, -0.15) is 0 Å². The van der Waals surface area contributed by atoms with E-state index < -0.39 is 79.5 Å². The smallest absolute Gasteiger partial charge is 0.269 e. The summed E-state index contributed by atoms with van der Waals surface area (Å²) in [6.45, 7) is -1.17. The molecule has 0 radical (unpaired) electrons. The summed E-state index contributed by atoms with van der Waals surface area (Å²) in [6.07, 6.45) is -15.4. The molecule has 2 fully saturated rings. The number of non-ortho nitro benzene ring substituents is 1. The Bertz CT molecular complexity index is 762. The number of ether oxygens (including phenoxy) is 4. The van der Waals surface area contributed by atoms with Crippen molar-refractivity contribution in [3.05, 3.63) is 34.4 Å². The first-order valence-electron chi connectivity index (χ1n) is 9.67. The Labute approximate surface area is 180 Å². The minimum atomic E-state index is -1.71. The molecule has 0 unspecified atom stereocenters. The van der Waals surface area contributed by atoms with Gasteiger partial charge in [-0.25, -0.2) is 0 Å². The minimum Gasteiger partial charge on any atom is -0.462 e. The highest BCUT2D eigenvalue weighted by atomic mass is 16.7. The van der Waals surface area contributed by atoms with Gasteiger partial charge >= 0.3 is 0 Å². The first-order valence-corrected chi connectivity index (χ1v) is 9.67. The average Bonchev–Trinajstić information content (AvgIpc) is 2.78. The van der Waals surface area contributed by atoms with Gasteiger partial charge in [-0.1, -0.05) is 0 Å². The number of hydrogen-bond acceptors (Lipinski definition) is 13. The highest BCUT2D eigenvalue weighted by molar-refractivity contribution is 5.36. The fourth-order valence-electron chi connectivity index (χ4n) is 3.33. The summed E-state index contributed by atoms with van der Waals surface area (Å²) in [5.41, 5.74) is -0.191. The summed E-state index contributed by atoms with van der Waals surface area (Å²) >= 11 is 0. The summed E-state index contributed by atoms with van der Waals surface area (Å²) in [5, 5.41) is 80.1. The van der Waals surface area contributed by atoms with Crippen molar-refractivity contribution < 1.29 is 59.6 Å². The van der Waals surface area contributed by atoms with E-state index in [1.165, 1.54) is 12.1 Å². The van der Waals surface area contributed by atoms with Gasteiger partial charge < -0.3 is 54.7 Å². The molecule has 0 aliphatic carbocycles. The SMILES string of the molecule is O=[N+]([O-])c1ccc(O[C@H]2O[C@H](CO[C@H]3O[C@H](CO)[C@H](O)[C@H](O)[C@H]3O)[C@H](O)[C@H](O)[C@H]2O)cc1. The van der Waals surface area contributed by atoms with Crippen molar-refractivity contribution in [3.63, 3.8) is 0 Å². The number of nitro benzene ring substituents is 1. The van der Waals surface area contributed by atoms with Gasteiger partial charge in [0.05, 0.1) is 18.1 Å². The molecule has 3 rings (SSSR count). The Morgan fingerprint density at radius 3 is 1.91 bits per heavy atom. The van der Waals surface area contributed by atoms with Crippen LogP contribution in [0.15, 0.2) is 24.3 Å². The molecule has 0 aromatic heterocycles. The average molecular weight is 463 g/mol. The third kappa shape index (κ3) is 5.15. The van der Waals surface area contributed by atoms with E-state index in [9.17, 15) is 45.9 Å². The van der Waals surface area contributed by atoms with Gasteiger partial charge in [0.25, 0.3) is 5.69 Å². The lowest BCUT2D eigenvalue weighted by Gasteiger charge is -2.42. The lowest BCUT2D eigenvalue weighted by Crippen LogP contribution is -2.62. The molecule has 2 heterocycles. The fraction of sp³-hybridized carbons (Fsp3) is 0.667. The molecule has 1 aromatic carbocycles. The summed E-state index contributed by atoms with van der Waals surface area (Å²) in [5.74, 6) is 0.0804. The molecule has 2 saturated heterocycles. The Morgan fingerprint density at radius 1 is 0.812 bits per heavy atom. The molecule has 14 nitrogen and oxygen atoms in total. The number of aliphatic hydroxyl groups excluding tert-OH is 7. The van der Waals surface area contributed by atoms with Gasteiger partial charge in [0, 0.05) is 12.1 Å². The molecular weight excluding hydrogens is 438 g/mol. The van der Waals surface area contributed by atoms with Crippen LogP contribution in [0, 0.1) is 10.1 Å². The highest BCUT2D eigenvalue weighted by Crippen LogP contribution is 2.27. The molecule has 0 saturated carbocycles. The number of hydrogen-bond donors (Lipinski definition) is 7. The first kappa shape index (κ1) is 24.7. The molecule has 14 heteroatoms. The van der Waals surface area contributed by atoms with Crippen LogP contribution in [0.25, 0.3) is 0 Å². The molecule has 0 spiro atoms. The van der Waals surface area contributed by atoms with Crippen LogP contribution in [0.2, 0.25) is 0 Å². The number of rotatable bonds is 7. The summed E-state index contributed by atoms with van der Waals surface area (Å²) in [6, 6.07) is 4.83. The van der Waals surface area contributed by atoms with Gasteiger partial charge in [-0.05, 0) is 12.1 Å². The second-order valence-electron chi connectivity index (χ2n) is 7.41. The lowest BCUT2D eigenvalue weighted by atomic mass is 9.98. The van der Waals surface area contributed by atoms with E-state index in [4.69, 9.17) is 18.9 Å². The summed E-state index contributed by atoms with van der Waals surface area (Å²) in [4.78, 5) is 10.1. The first-order chi connectivity index (χ1) is 15.1. The maximum absolute atomic E-state index is 10.7. The molecular formula is C18H25NO13. The number of aliphatic hydroxyl groups is 7. The Morgan fingerprint density at radius 2 is 1.34 bits per heavy atom. The van der Waals surface area contributed by atoms with E-state index in [-0.39, 0.29) is 11.4 Å². The Hall–Kier alpha value is -1.98. The molecule has 2 aliphatic heterocycles. The van der Waals surface area contributed by atoms with Crippen LogP contribution >= 0.6 is 0 Å². The maximum atomic E-state index is 10.7. The number of benzene rings is 1. The zero-order chi connectivity index (χ0) is 23.6. The van der Waals surface area contributed by atoms with E-state index >= 15 is 0 Å². The third-order valence-corrected chi connectivity index (χ3v) is 5.24. The van der Waals surface area contributed by atoms with Gasteiger partial charge in [0.15, 0.2) is 6.29 Å². The quantitative estimate of drug-likeness (QED) is 0.155. The van der Waals surface area contributed by atoms with Crippen LogP contribution in [-0.2, 0) is 14.2 Å². The zero-order valence-electron chi connectivity index (χ0n) is 16.5. The summed E-state index contributed by atoms with van der Waals surface area (Å²) in [7, 11) is 0. The van der Waals surface area contributed by atoms with E-state index in [2.05, 4.69) is 0 Å². The van der Waals surface area contributed by atoms with E-state index in [0.717, 1.165) is 12.1 Å². The zero-order valence-corrected chi connectivity index (χ0v) is 16.5. The third-order valence-electron chi connectivity index (χ3n) is 5.24. The van der Waals surface area contributed by atoms with Crippen molar-refractivity contribution in [2.75, 3.05) is 13.2 Å². The summed E-state index contributed by atoms with van der Waals surface area (Å²) < 4.78 is 21.4. The largest absolute Gasteiger partial charge is 0.462 e. The normalized spacial score (nSPS) is 40.1. The van der Waals surface area contributed by atoms with Gasteiger partial charge in [0.2, 0.25) is 6.29 Å². The van der Waals surface area contributed by atoms with Crippen molar-refractivity contribution in [2.45, 2.75) is 61.4 Å². The minimum absolute atomic E-state index is 0.0804. The number of nitrogens with zero attached hydrogens (tertiary/aromatic N) is 1. The molecule has 0 amide bonds. The van der Waals surface area contributed by atoms with Crippen LogP contribution in [0.1, 0.15) is 0 Å². The molecule has 180 valence electrons. The highest BCUT2D eigenvalue weighted by Gasteiger charge is 2.47. The van der Waals surface area contributed by atoms with E-state index in [0.29, 0.717) is 0 Å². The predicted molar refractivity (Wildman–Crippen MR) is 100 cm³/mol. The van der Waals surface area contributed by atoms with Crippen molar-refractivity contribution >= 4 is 5.69 Å². The van der Waals surface area contributed by atoms with E-state index in [1.807, 2.05) is 0 Å². The van der Waals surface area contributed by atoms with Crippen LogP contribution in [0.5, 0.6) is 5.75 Å². The fourth-order valence-corrected chi connectivity index (χ4v) is 3.33. The van der Waals surface area contributed by atoms with Crippen molar-refractivity contribution in [2.24, 2.45) is 0 Å². The van der Waals surface area contributed by atoms with Crippen molar-refractivity contribution in [3.8, 4) is 5.75 Å². The van der Waals surface area contributed by atoms with Crippen LogP contribution in [-0.4, -0.2) is 115 Å². The lowest BCUT2D eigenvalue weighted by molar-refractivity contribution is -0.384. The molecule has 2 aliphatic rings.